The van der Waals surface area contributed by atoms with Gasteiger partial charge in [-0.3, -0.25) is 9.20 Å². The van der Waals surface area contributed by atoms with Crippen molar-refractivity contribution >= 4 is 17.6 Å². The van der Waals surface area contributed by atoms with Crippen LogP contribution >= 0.6 is 0 Å². The standard InChI is InChI=1S/C16H13N3O/c1-2-11-8-9-13-18-14(16(17)20)15(19(13)10-11)12-6-4-3-5-7-12/h2-10H,1H2,(H2,17,20). The highest BCUT2D eigenvalue weighted by molar-refractivity contribution is 5.98. The van der Waals surface area contributed by atoms with Crippen molar-refractivity contribution in [2.24, 2.45) is 5.73 Å². The summed E-state index contributed by atoms with van der Waals surface area (Å²) in [7, 11) is 0. The van der Waals surface area contributed by atoms with Gasteiger partial charge in [0.15, 0.2) is 5.69 Å². The Bertz CT molecular complexity index is 803. The Balaban J connectivity index is 2.39. The van der Waals surface area contributed by atoms with Gasteiger partial charge in [0.2, 0.25) is 0 Å². The van der Waals surface area contributed by atoms with Gasteiger partial charge in [-0.05, 0) is 17.7 Å². The third-order valence-electron chi connectivity index (χ3n) is 3.16. The maximum absolute atomic E-state index is 11.6. The molecule has 98 valence electrons. The van der Waals surface area contributed by atoms with Crippen molar-refractivity contribution in [3.8, 4) is 11.3 Å². The highest BCUT2D eigenvalue weighted by atomic mass is 16.1. The number of nitrogens with zero attached hydrogens (tertiary/aromatic N) is 2. The predicted octanol–water partition coefficient (Wildman–Crippen LogP) is 2.74. The zero-order valence-electron chi connectivity index (χ0n) is 10.8. The van der Waals surface area contributed by atoms with Crippen molar-refractivity contribution in [3.63, 3.8) is 0 Å². The first-order valence-electron chi connectivity index (χ1n) is 6.20. The molecule has 2 aromatic heterocycles. The van der Waals surface area contributed by atoms with Gasteiger partial charge < -0.3 is 5.73 Å². The molecule has 0 aliphatic rings. The van der Waals surface area contributed by atoms with E-state index in [-0.39, 0.29) is 5.69 Å². The van der Waals surface area contributed by atoms with E-state index in [1.807, 2.05) is 53.1 Å². The topological polar surface area (TPSA) is 60.4 Å². The van der Waals surface area contributed by atoms with Gasteiger partial charge in [0, 0.05) is 11.8 Å². The van der Waals surface area contributed by atoms with Crippen molar-refractivity contribution in [1.29, 1.82) is 0 Å². The van der Waals surface area contributed by atoms with Crippen molar-refractivity contribution in [3.05, 3.63) is 66.5 Å². The van der Waals surface area contributed by atoms with Crippen LogP contribution in [0.5, 0.6) is 0 Å². The maximum Gasteiger partial charge on any atom is 0.269 e. The molecule has 0 saturated carbocycles. The van der Waals surface area contributed by atoms with E-state index >= 15 is 0 Å². The average Bonchev–Trinajstić information content (AvgIpc) is 2.86. The van der Waals surface area contributed by atoms with E-state index in [0.717, 1.165) is 11.1 Å². The molecular formula is C16H13N3O. The monoisotopic (exact) mass is 263 g/mol. The number of hydrogen-bond acceptors (Lipinski definition) is 2. The number of pyridine rings is 1. The van der Waals surface area contributed by atoms with Gasteiger partial charge in [-0.25, -0.2) is 4.98 Å². The summed E-state index contributed by atoms with van der Waals surface area (Å²) >= 11 is 0. The second kappa shape index (κ2) is 4.66. The number of fused-ring (bicyclic) bond motifs is 1. The SMILES string of the molecule is C=Cc1ccc2nc(C(N)=O)c(-c3ccccc3)n2c1. The van der Waals surface area contributed by atoms with Crippen LogP contribution in [0, 0.1) is 0 Å². The van der Waals surface area contributed by atoms with Gasteiger partial charge in [0.1, 0.15) is 5.65 Å². The lowest BCUT2D eigenvalue weighted by Gasteiger charge is -2.04. The Hall–Kier alpha value is -2.88. The second-order valence-corrected chi connectivity index (χ2v) is 4.43. The molecule has 2 heterocycles. The fourth-order valence-electron chi connectivity index (χ4n) is 2.23. The Labute approximate surface area is 116 Å². The molecule has 0 unspecified atom stereocenters. The number of rotatable bonds is 3. The summed E-state index contributed by atoms with van der Waals surface area (Å²) < 4.78 is 1.87. The summed E-state index contributed by atoms with van der Waals surface area (Å²) in [5.74, 6) is -0.535. The number of carbonyl (C=O) groups excluding carboxylic acids is 1. The number of primary amides is 1. The minimum atomic E-state index is -0.535. The molecule has 0 radical (unpaired) electrons. The third-order valence-corrected chi connectivity index (χ3v) is 3.16. The van der Waals surface area contributed by atoms with Crippen molar-refractivity contribution in [2.75, 3.05) is 0 Å². The van der Waals surface area contributed by atoms with Crippen molar-refractivity contribution in [1.82, 2.24) is 9.38 Å². The summed E-state index contributed by atoms with van der Waals surface area (Å²) in [6.07, 6.45) is 3.64. The third kappa shape index (κ3) is 1.87. The van der Waals surface area contributed by atoms with E-state index in [2.05, 4.69) is 11.6 Å². The molecular weight excluding hydrogens is 250 g/mol. The van der Waals surface area contributed by atoms with Crippen LogP contribution in [0.3, 0.4) is 0 Å². The molecule has 0 atom stereocenters. The summed E-state index contributed by atoms with van der Waals surface area (Å²) in [5, 5.41) is 0. The highest BCUT2D eigenvalue weighted by Crippen LogP contribution is 2.25. The first-order chi connectivity index (χ1) is 9.70. The minimum Gasteiger partial charge on any atom is -0.364 e. The molecule has 0 aliphatic carbocycles. The molecule has 1 aromatic carbocycles. The van der Waals surface area contributed by atoms with Crippen LogP contribution in [0.1, 0.15) is 16.1 Å². The predicted molar refractivity (Wildman–Crippen MR) is 79.2 cm³/mol. The van der Waals surface area contributed by atoms with Crippen LogP contribution in [0.2, 0.25) is 0 Å². The molecule has 0 spiro atoms. The number of carbonyl (C=O) groups is 1. The van der Waals surface area contributed by atoms with Gasteiger partial charge in [-0.15, -0.1) is 0 Å². The molecule has 0 bridgehead atoms. The number of aromatic nitrogens is 2. The lowest BCUT2D eigenvalue weighted by molar-refractivity contribution is 0.0997. The molecule has 4 nitrogen and oxygen atoms in total. The van der Waals surface area contributed by atoms with E-state index in [9.17, 15) is 4.79 Å². The van der Waals surface area contributed by atoms with Gasteiger partial charge >= 0.3 is 0 Å². The fourth-order valence-corrected chi connectivity index (χ4v) is 2.23. The average molecular weight is 263 g/mol. The van der Waals surface area contributed by atoms with Crippen LogP contribution in [0.15, 0.2) is 55.2 Å². The van der Waals surface area contributed by atoms with Crippen molar-refractivity contribution < 1.29 is 4.79 Å². The molecule has 3 rings (SSSR count). The molecule has 3 aromatic rings. The van der Waals surface area contributed by atoms with Crippen LogP contribution in [0.25, 0.3) is 23.0 Å². The summed E-state index contributed by atoms with van der Waals surface area (Å²) in [4.78, 5) is 16.0. The molecule has 2 N–H and O–H groups in total. The van der Waals surface area contributed by atoms with E-state index in [0.29, 0.717) is 11.3 Å². The van der Waals surface area contributed by atoms with Crippen LogP contribution in [-0.4, -0.2) is 15.3 Å². The highest BCUT2D eigenvalue weighted by Gasteiger charge is 2.17. The zero-order chi connectivity index (χ0) is 14.1. The largest absolute Gasteiger partial charge is 0.364 e. The van der Waals surface area contributed by atoms with Gasteiger partial charge in [-0.1, -0.05) is 43.0 Å². The second-order valence-electron chi connectivity index (χ2n) is 4.43. The summed E-state index contributed by atoms with van der Waals surface area (Å²) in [6.45, 7) is 3.76. The molecule has 20 heavy (non-hydrogen) atoms. The molecule has 0 fully saturated rings. The van der Waals surface area contributed by atoms with E-state index in [4.69, 9.17) is 5.73 Å². The van der Waals surface area contributed by atoms with Crippen LogP contribution in [0.4, 0.5) is 0 Å². The number of hydrogen-bond donors (Lipinski definition) is 1. The van der Waals surface area contributed by atoms with Gasteiger partial charge in [0.05, 0.1) is 5.69 Å². The molecule has 0 aliphatic heterocycles. The van der Waals surface area contributed by atoms with E-state index < -0.39 is 5.91 Å². The Morgan fingerprint density at radius 1 is 1.20 bits per heavy atom. The Kier molecular flexibility index (Phi) is 2.84. The molecule has 1 amide bonds. The lowest BCUT2D eigenvalue weighted by Crippen LogP contribution is -2.12. The Morgan fingerprint density at radius 3 is 2.60 bits per heavy atom. The zero-order valence-corrected chi connectivity index (χ0v) is 10.8. The Morgan fingerprint density at radius 2 is 1.95 bits per heavy atom. The maximum atomic E-state index is 11.6. The van der Waals surface area contributed by atoms with Gasteiger partial charge in [-0.2, -0.15) is 0 Å². The first-order valence-corrected chi connectivity index (χ1v) is 6.20. The van der Waals surface area contributed by atoms with Crippen LogP contribution < -0.4 is 5.73 Å². The number of benzene rings is 1. The molecule has 0 saturated heterocycles. The summed E-state index contributed by atoms with van der Waals surface area (Å²) in [6, 6.07) is 13.3. The van der Waals surface area contributed by atoms with E-state index in [1.165, 1.54) is 0 Å². The quantitative estimate of drug-likeness (QED) is 0.789. The summed E-state index contributed by atoms with van der Waals surface area (Å²) in [5.41, 5.74) is 8.96. The normalized spacial score (nSPS) is 10.6. The number of nitrogens with two attached hydrogens (primary N) is 1. The van der Waals surface area contributed by atoms with Gasteiger partial charge in [0.25, 0.3) is 5.91 Å². The lowest BCUT2D eigenvalue weighted by atomic mass is 10.1. The van der Waals surface area contributed by atoms with Crippen molar-refractivity contribution in [2.45, 2.75) is 0 Å². The fraction of sp³-hybridized carbons (Fsp3) is 0. The minimum absolute atomic E-state index is 0.275. The first kappa shape index (κ1) is 12.2. The smallest absolute Gasteiger partial charge is 0.269 e. The van der Waals surface area contributed by atoms with Crippen LogP contribution in [-0.2, 0) is 0 Å². The number of amides is 1. The van der Waals surface area contributed by atoms with E-state index in [1.54, 1.807) is 6.08 Å². The molecule has 4 heteroatoms. The number of imidazole rings is 1.